The van der Waals surface area contributed by atoms with E-state index in [9.17, 15) is 29.0 Å². The van der Waals surface area contributed by atoms with Gasteiger partial charge in [-0.2, -0.15) is 0 Å². The van der Waals surface area contributed by atoms with Crippen LogP contribution in [0.15, 0.2) is 103 Å². The Morgan fingerprint density at radius 3 is 2.28 bits per heavy atom. The number of halogens is 2. The van der Waals surface area contributed by atoms with E-state index in [2.05, 4.69) is 9.88 Å². The van der Waals surface area contributed by atoms with Gasteiger partial charge in [-0.15, -0.1) is 0 Å². The van der Waals surface area contributed by atoms with Crippen molar-refractivity contribution in [2.24, 2.45) is 0 Å². The Morgan fingerprint density at radius 1 is 0.948 bits per heavy atom. The van der Waals surface area contributed by atoms with Crippen molar-refractivity contribution >= 4 is 46.4 Å². The number of nitrogens with one attached hydrogen (secondary N) is 1. The lowest BCUT2D eigenvalue weighted by molar-refractivity contribution is -0.232. The number of esters is 2. The number of fused-ring (bicyclic) bond motifs is 1. The van der Waals surface area contributed by atoms with Crippen molar-refractivity contribution in [3.8, 4) is 16.9 Å². The number of carbonyl (C=O) groups is 3. The minimum atomic E-state index is -2.48. The van der Waals surface area contributed by atoms with Crippen LogP contribution in [-0.4, -0.2) is 63.3 Å². The molecule has 5 rings (SSSR count). The summed E-state index contributed by atoms with van der Waals surface area (Å²) < 4.78 is 32.9. The summed E-state index contributed by atoms with van der Waals surface area (Å²) in [5.74, 6) is -4.52. The molecule has 2 unspecified atom stereocenters. The first-order valence-electron chi connectivity index (χ1n) is 19.3. The SMILES string of the molecule is CCCOC(=O)CC(O)(CC(O)/C=C/c1c(-c2ccc(F)cc2)c2ccccc2n1C(C)C)OC(=O)C(C)(C)Oc1ccc(CCNC(=O)c2ccc(Cl)cc2)cc1. The Balaban J connectivity index is 1.30. The molecule has 4 aromatic carbocycles. The fourth-order valence-corrected chi connectivity index (χ4v) is 6.67. The molecule has 0 bridgehead atoms. The summed E-state index contributed by atoms with van der Waals surface area (Å²) in [6.45, 7) is 9.27. The van der Waals surface area contributed by atoms with E-state index in [4.69, 9.17) is 25.8 Å². The van der Waals surface area contributed by atoms with Gasteiger partial charge < -0.3 is 34.3 Å². The number of benzene rings is 4. The topological polar surface area (TPSA) is 136 Å². The van der Waals surface area contributed by atoms with Crippen LogP contribution in [0.1, 0.15) is 81.5 Å². The largest absolute Gasteiger partial charge is 0.476 e. The first-order valence-corrected chi connectivity index (χ1v) is 19.6. The number of aromatic nitrogens is 1. The number of rotatable bonds is 18. The molecular weight excluding hydrogens is 763 g/mol. The molecular formula is C46H50ClFN2O8. The monoisotopic (exact) mass is 812 g/mol. The molecule has 0 radical (unpaired) electrons. The summed E-state index contributed by atoms with van der Waals surface area (Å²) in [7, 11) is 0. The van der Waals surface area contributed by atoms with Crippen LogP contribution in [0.4, 0.5) is 4.39 Å². The molecule has 5 aromatic rings. The number of aliphatic hydroxyl groups is 2. The quantitative estimate of drug-likeness (QED) is 0.0590. The van der Waals surface area contributed by atoms with E-state index in [0.29, 0.717) is 35.7 Å². The van der Waals surface area contributed by atoms with Gasteiger partial charge in [-0.1, -0.05) is 67.1 Å². The maximum absolute atomic E-state index is 14.0. The van der Waals surface area contributed by atoms with Gasteiger partial charge in [-0.05, 0) is 112 Å². The highest BCUT2D eigenvalue weighted by Gasteiger charge is 2.42. The van der Waals surface area contributed by atoms with Gasteiger partial charge in [-0.25, -0.2) is 9.18 Å². The van der Waals surface area contributed by atoms with Crippen LogP contribution in [0, 0.1) is 5.82 Å². The van der Waals surface area contributed by atoms with Crippen LogP contribution in [0.2, 0.25) is 5.02 Å². The molecule has 306 valence electrons. The Kier molecular flexibility index (Phi) is 14.5. The molecule has 10 nitrogen and oxygen atoms in total. The summed E-state index contributed by atoms with van der Waals surface area (Å²) in [4.78, 5) is 38.9. The standard InChI is InChI=1S/C46H50ClFN2O8/c1-6-27-56-41(52)29-46(55,28-36(51)21-24-40-42(32-15-19-35(48)20-16-32)38-9-7-8-10-39(38)50(40)30(2)3)58-44(54)45(4,5)57-37-22-11-31(12-23-37)25-26-49-43(53)33-13-17-34(47)18-14-33/h7-24,30,36,51,55H,6,25-29H2,1-5H3,(H,49,53)/b24-21+. The number of hydrogen-bond acceptors (Lipinski definition) is 8. The number of aliphatic hydroxyl groups excluding tert-OH is 1. The van der Waals surface area contributed by atoms with E-state index in [0.717, 1.165) is 33.3 Å². The molecule has 1 aromatic heterocycles. The van der Waals surface area contributed by atoms with E-state index in [-0.39, 0.29) is 24.4 Å². The Bertz CT molecular complexity index is 2220. The first kappa shape index (κ1) is 43.6. The average Bonchev–Trinajstić information content (AvgIpc) is 3.51. The Hall–Kier alpha value is -5.49. The molecule has 0 aliphatic rings. The van der Waals surface area contributed by atoms with Crippen molar-refractivity contribution in [3.63, 3.8) is 0 Å². The molecule has 0 fully saturated rings. The van der Waals surface area contributed by atoms with Gasteiger partial charge in [0, 0.05) is 51.8 Å². The third-order valence-corrected chi connectivity index (χ3v) is 9.62. The van der Waals surface area contributed by atoms with Crippen LogP contribution < -0.4 is 10.1 Å². The summed E-state index contributed by atoms with van der Waals surface area (Å²) in [6, 6.07) is 27.5. The number of ether oxygens (including phenoxy) is 3. The number of para-hydroxylation sites is 1. The molecule has 1 amide bonds. The van der Waals surface area contributed by atoms with Crippen molar-refractivity contribution in [2.45, 2.75) is 83.8 Å². The predicted octanol–water partition coefficient (Wildman–Crippen LogP) is 8.85. The molecule has 0 aliphatic carbocycles. The van der Waals surface area contributed by atoms with Gasteiger partial charge in [0.05, 0.1) is 12.7 Å². The van der Waals surface area contributed by atoms with Crippen LogP contribution in [0.3, 0.4) is 0 Å². The van der Waals surface area contributed by atoms with Gasteiger partial charge in [0.15, 0.2) is 5.60 Å². The molecule has 0 aliphatic heterocycles. The lowest BCUT2D eigenvalue weighted by Gasteiger charge is -2.33. The Morgan fingerprint density at radius 2 is 1.62 bits per heavy atom. The zero-order valence-electron chi connectivity index (χ0n) is 33.3. The highest BCUT2D eigenvalue weighted by molar-refractivity contribution is 6.30. The highest BCUT2D eigenvalue weighted by Crippen LogP contribution is 2.38. The van der Waals surface area contributed by atoms with E-state index in [1.807, 2.05) is 45.0 Å². The van der Waals surface area contributed by atoms with Crippen molar-refractivity contribution in [1.29, 1.82) is 0 Å². The fourth-order valence-electron chi connectivity index (χ4n) is 6.54. The van der Waals surface area contributed by atoms with Crippen LogP contribution in [-0.2, 0) is 25.5 Å². The van der Waals surface area contributed by atoms with Crippen LogP contribution >= 0.6 is 11.6 Å². The average molecular weight is 813 g/mol. The summed E-state index contributed by atoms with van der Waals surface area (Å²) in [6.07, 6.45) is 1.54. The molecule has 0 spiro atoms. The molecule has 1 heterocycles. The lowest BCUT2D eigenvalue weighted by atomic mass is 10.00. The second-order valence-corrected chi connectivity index (χ2v) is 15.3. The first-order chi connectivity index (χ1) is 27.6. The minimum Gasteiger partial charge on any atom is -0.476 e. The second-order valence-electron chi connectivity index (χ2n) is 14.9. The van der Waals surface area contributed by atoms with Crippen molar-refractivity contribution < 1.29 is 43.2 Å². The predicted molar refractivity (Wildman–Crippen MR) is 223 cm³/mol. The molecule has 0 saturated carbocycles. The van der Waals surface area contributed by atoms with E-state index < -0.39 is 42.3 Å². The third-order valence-electron chi connectivity index (χ3n) is 9.37. The molecule has 58 heavy (non-hydrogen) atoms. The fraction of sp³-hybridized carbons (Fsp3) is 0.326. The van der Waals surface area contributed by atoms with E-state index >= 15 is 0 Å². The summed E-state index contributed by atoms with van der Waals surface area (Å²) >= 11 is 5.91. The van der Waals surface area contributed by atoms with Crippen molar-refractivity contribution in [2.75, 3.05) is 13.2 Å². The Labute approximate surface area is 343 Å². The minimum absolute atomic E-state index is 0.00557. The summed E-state index contributed by atoms with van der Waals surface area (Å²) in [5.41, 5.74) is 3.03. The normalized spacial score (nSPS) is 13.3. The maximum atomic E-state index is 14.0. The highest BCUT2D eigenvalue weighted by atomic mass is 35.5. The van der Waals surface area contributed by atoms with E-state index in [1.165, 1.54) is 32.1 Å². The van der Waals surface area contributed by atoms with Crippen molar-refractivity contribution in [1.82, 2.24) is 9.88 Å². The van der Waals surface area contributed by atoms with Gasteiger partial charge in [-0.3, -0.25) is 9.59 Å². The number of nitrogens with zero attached hydrogens (tertiary/aromatic N) is 1. The molecule has 0 saturated heterocycles. The third kappa shape index (κ3) is 11.3. The zero-order chi connectivity index (χ0) is 42.0. The number of amides is 1. The van der Waals surface area contributed by atoms with Gasteiger partial charge >= 0.3 is 11.9 Å². The van der Waals surface area contributed by atoms with Gasteiger partial charge in [0.2, 0.25) is 5.79 Å². The van der Waals surface area contributed by atoms with Crippen LogP contribution in [0.25, 0.3) is 28.1 Å². The molecule has 12 heteroatoms. The zero-order valence-corrected chi connectivity index (χ0v) is 34.1. The van der Waals surface area contributed by atoms with E-state index in [1.54, 1.807) is 66.7 Å². The second kappa shape index (κ2) is 19.3. The summed E-state index contributed by atoms with van der Waals surface area (Å²) in [5, 5.41) is 27.4. The lowest BCUT2D eigenvalue weighted by Crippen LogP contribution is -2.48. The van der Waals surface area contributed by atoms with Crippen LogP contribution in [0.5, 0.6) is 5.75 Å². The van der Waals surface area contributed by atoms with Gasteiger partial charge in [0.25, 0.3) is 5.91 Å². The molecule has 3 N–H and O–H groups in total. The number of carbonyl (C=O) groups excluding carboxylic acids is 3. The van der Waals surface area contributed by atoms with Gasteiger partial charge in [0.1, 0.15) is 18.0 Å². The smallest absolute Gasteiger partial charge is 0.352 e. The maximum Gasteiger partial charge on any atom is 0.352 e. The number of hydrogen-bond donors (Lipinski definition) is 3. The van der Waals surface area contributed by atoms with Crippen molar-refractivity contribution in [3.05, 3.63) is 131 Å². The molecule has 2 atom stereocenters.